The van der Waals surface area contributed by atoms with Crippen molar-refractivity contribution in [3.8, 4) is 0 Å². The standard InChI is InChI=1S/C41H46N2O/c44-41(35-18-8-3-9-19-35)43-30-26-38(31-13-4-1-5-14-31)40(34-16-6-2-7-17-34)39(43)21-12-27-42-28-24-33(25-29-42)37-23-22-32-15-10-11-20-36(32)37/h1-11,13-20,33,37-40H,12,21-30H2. The maximum Gasteiger partial charge on any atom is 0.254 e. The van der Waals surface area contributed by atoms with Crippen molar-refractivity contribution in [2.24, 2.45) is 5.92 Å². The normalized spacial score (nSPS) is 24.2. The van der Waals surface area contributed by atoms with Crippen LogP contribution >= 0.6 is 0 Å². The van der Waals surface area contributed by atoms with Crippen LogP contribution in [0.3, 0.4) is 0 Å². The molecule has 0 bridgehead atoms. The average molecular weight is 583 g/mol. The molecule has 226 valence electrons. The van der Waals surface area contributed by atoms with Crippen molar-refractivity contribution in [2.45, 2.75) is 68.7 Å². The summed E-state index contributed by atoms with van der Waals surface area (Å²) in [5.74, 6) is 2.43. The molecule has 4 aromatic carbocycles. The van der Waals surface area contributed by atoms with Gasteiger partial charge in [0.25, 0.3) is 5.91 Å². The van der Waals surface area contributed by atoms with Crippen LogP contribution in [0.25, 0.3) is 0 Å². The Hall–Kier alpha value is -3.69. The lowest BCUT2D eigenvalue weighted by Gasteiger charge is -2.47. The fourth-order valence-electron chi connectivity index (χ4n) is 8.81. The second-order valence-electron chi connectivity index (χ2n) is 13.3. The van der Waals surface area contributed by atoms with Gasteiger partial charge in [-0.1, -0.05) is 103 Å². The highest BCUT2D eigenvalue weighted by Gasteiger charge is 2.41. The van der Waals surface area contributed by atoms with Crippen LogP contribution in [0.2, 0.25) is 0 Å². The highest BCUT2D eigenvalue weighted by Crippen LogP contribution is 2.46. The number of nitrogens with zero attached hydrogens (tertiary/aromatic N) is 2. The molecule has 1 amide bonds. The fourth-order valence-corrected chi connectivity index (χ4v) is 8.81. The number of hydrogen-bond acceptors (Lipinski definition) is 2. The first-order valence-electron chi connectivity index (χ1n) is 17.0. The van der Waals surface area contributed by atoms with E-state index in [1.807, 2.05) is 30.3 Å². The maximum atomic E-state index is 14.1. The third kappa shape index (κ3) is 6.13. The van der Waals surface area contributed by atoms with Crippen LogP contribution in [0.15, 0.2) is 115 Å². The quantitative estimate of drug-likeness (QED) is 0.207. The van der Waals surface area contributed by atoms with Crippen molar-refractivity contribution in [3.05, 3.63) is 143 Å². The number of benzene rings is 4. The lowest BCUT2D eigenvalue weighted by Crippen LogP contribution is -2.50. The van der Waals surface area contributed by atoms with E-state index in [1.54, 1.807) is 11.1 Å². The number of carbonyl (C=O) groups excluding carboxylic acids is 1. The van der Waals surface area contributed by atoms with E-state index in [1.165, 1.54) is 49.9 Å². The van der Waals surface area contributed by atoms with Crippen molar-refractivity contribution in [1.82, 2.24) is 9.80 Å². The van der Waals surface area contributed by atoms with Gasteiger partial charge in [-0.2, -0.15) is 0 Å². The Balaban J connectivity index is 1.07. The van der Waals surface area contributed by atoms with E-state index >= 15 is 0 Å². The van der Waals surface area contributed by atoms with E-state index in [0.29, 0.717) is 5.92 Å². The largest absolute Gasteiger partial charge is 0.335 e. The van der Waals surface area contributed by atoms with Crippen molar-refractivity contribution in [2.75, 3.05) is 26.2 Å². The van der Waals surface area contributed by atoms with Gasteiger partial charge in [-0.3, -0.25) is 4.79 Å². The summed E-state index contributed by atoms with van der Waals surface area (Å²) in [7, 11) is 0. The molecule has 2 saturated heterocycles. The van der Waals surface area contributed by atoms with Crippen LogP contribution < -0.4 is 0 Å². The minimum atomic E-state index is 0.164. The highest BCUT2D eigenvalue weighted by molar-refractivity contribution is 5.94. The minimum Gasteiger partial charge on any atom is -0.335 e. The lowest BCUT2D eigenvalue weighted by molar-refractivity contribution is 0.0513. The minimum absolute atomic E-state index is 0.164. The molecule has 0 radical (unpaired) electrons. The van der Waals surface area contributed by atoms with Gasteiger partial charge in [0.2, 0.25) is 0 Å². The summed E-state index contributed by atoms with van der Waals surface area (Å²) in [6, 6.07) is 41.3. The molecular weight excluding hydrogens is 536 g/mol. The molecule has 4 aromatic rings. The number of rotatable bonds is 8. The topological polar surface area (TPSA) is 23.6 Å². The average Bonchev–Trinajstić information content (AvgIpc) is 3.53. The predicted octanol–water partition coefficient (Wildman–Crippen LogP) is 8.69. The van der Waals surface area contributed by atoms with E-state index in [2.05, 4.69) is 94.7 Å². The zero-order chi connectivity index (χ0) is 29.7. The maximum absolute atomic E-state index is 14.1. The van der Waals surface area contributed by atoms with Crippen LogP contribution in [0, 0.1) is 5.92 Å². The van der Waals surface area contributed by atoms with Gasteiger partial charge in [-0.25, -0.2) is 0 Å². The fraction of sp³-hybridized carbons (Fsp3) is 0.390. The molecule has 7 rings (SSSR count). The molecule has 3 aliphatic rings. The number of likely N-dealkylation sites (tertiary alicyclic amines) is 2. The third-order valence-corrected chi connectivity index (χ3v) is 11.0. The number of aryl methyl sites for hydroxylation is 1. The molecule has 3 nitrogen and oxygen atoms in total. The molecule has 0 spiro atoms. The van der Waals surface area contributed by atoms with Gasteiger partial charge in [-0.05, 0) is 117 Å². The van der Waals surface area contributed by atoms with E-state index < -0.39 is 0 Å². The lowest BCUT2D eigenvalue weighted by atomic mass is 9.71. The molecular formula is C41H46N2O. The molecule has 0 saturated carbocycles. The second-order valence-corrected chi connectivity index (χ2v) is 13.3. The van der Waals surface area contributed by atoms with Crippen LogP contribution in [-0.4, -0.2) is 47.9 Å². The van der Waals surface area contributed by atoms with Crippen molar-refractivity contribution in [3.63, 3.8) is 0 Å². The summed E-state index contributed by atoms with van der Waals surface area (Å²) in [4.78, 5) is 19.0. The SMILES string of the molecule is O=C(c1ccccc1)N1CCC(c2ccccc2)C(c2ccccc2)C1CCCN1CCC(C2CCc3ccccc32)CC1. The predicted molar refractivity (Wildman–Crippen MR) is 180 cm³/mol. The van der Waals surface area contributed by atoms with Crippen LogP contribution in [0.4, 0.5) is 0 Å². The summed E-state index contributed by atoms with van der Waals surface area (Å²) in [5.41, 5.74) is 6.77. The molecule has 1 aliphatic carbocycles. The van der Waals surface area contributed by atoms with E-state index in [-0.39, 0.29) is 17.9 Å². The third-order valence-electron chi connectivity index (χ3n) is 11.0. The van der Waals surface area contributed by atoms with Gasteiger partial charge in [0.15, 0.2) is 0 Å². The Morgan fingerprint density at radius 1 is 0.636 bits per heavy atom. The molecule has 2 heterocycles. The Morgan fingerprint density at radius 3 is 2.00 bits per heavy atom. The summed E-state index contributed by atoms with van der Waals surface area (Å²) >= 11 is 0. The zero-order valence-electron chi connectivity index (χ0n) is 25.9. The van der Waals surface area contributed by atoms with E-state index in [9.17, 15) is 4.79 Å². The van der Waals surface area contributed by atoms with Crippen LogP contribution in [-0.2, 0) is 6.42 Å². The first-order chi connectivity index (χ1) is 21.8. The highest BCUT2D eigenvalue weighted by atomic mass is 16.2. The number of hydrogen-bond donors (Lipinski definition) is 0. The van der Waals surface area contributed by atoms with Crippen molar-refractivity contribution < 1.29 is 4.79 Å². The number of carbonyl (C=O) groups is 1. The van der Waals surface area contributed by atoms with E-state index in [0.717, 1.165) is 49.8 Å². The molecule has 2 fully saturated rings. The molecule has 4 unspecified atom stereocenters. The van der Waals surface area contributed by atoms with Gasteiger partial charge in [0, 0.05) is 24.1 Å². The van der Waals surface area contributed by atoms with Gasteiger partial charge in [-0.15, -0.1) is 0 Å². The van der Waals surface area contributed by atoms with Gasteiger partial charge >= 0.3 is 0 Å². The Labute approximate surface area is 263 Å². The number of piperidine rings is 2. The molecule has 0 N–H and O–H groups in total. The first kappa shape index (κ1) is 29.0. The van der Waals surface area contributed by atoms with Gasteiger partial charge in [0.1, 0.15) is 0 Å². The Morgan fingerprint density at radius 2 is 1.27 bits per heavy atom. The Kier molecular flexibility index (Phi) is 8.93. The number of fused-ring (bicyclic) bond motifs is 1. The summed E-state index contributed by atoms with van der Waals surface area (Å²) in [5, 5.41) is 0. The summed E-state index contributed by atoms with van der Waals surface area (Å²) < 4.78 is 0. The molecule has 2 aliphatic heterocycles. The monoisotopic (exact) mass is 582 g/mol. The van der Waals surface area contributed by atoms with Crippen LogP contribution in [0.1, 0.15) is 88.9 Å². The molecule has 4 atom stereocenters. The van der Waals surface area contributed by atoms with E-state index in [4.69, 9.17) is 0 Å². The Bertz CT molecular complexity index is 1500. The van der Waals surface area contributed by atoms with Gasteiger partial charge < -0.3 is 9.80 Å². The molecule has 0 aromatic heterocycles. The van der Waals surface area contributed by atoms with Crippen LogP contribution in [0.5, 0.6) is 0 Å². The molecule has 3 heteroatoms. The first-order valence-corrected chi connectivity index (χ1v) is 17.0. The summed E-state index contributed by atoms with van der Waals surface area (Å²) in [6.45, 7) is 4.33. The second kappa shape index (κ2) is 13.5. The van der Waals surface area contributed by atoms with Gasteiger partial charge in [0.05, 0.1) is 0 Å². The summed E-state index contributed by atoms with van der Waals surface area (Å²) in [6.07, 6.45) is 8.33. The smallest absolute Gasteiger partial charge is 0.254 e. The van der Waals surface area contributed by atoms with Crippen molar-refractivity contribution in [1.29, 1.82) is 0 Å². The number of amides is 1. The zero-order valence-corrected chi connectivity index (χ0v) is 25.9. The molecule has 44 heavy (non-hydrogen) atoms. The van der Waals surface area contributed by atoms with Crippen molar-refractivity contribution >= 4 is 5.91 Å².